The number of morpholine rings is 1. The van der Waals surface area contributed by atoms with Crippen molar-refractivity contribution >= 4 is 0 Å². The molecule has 0 spiro atoms. The molecule has 2 aliphatic heterocycles. The molecule has 1 aromatic heterocycles. The van der Waals surface area contributed by atoms with E-state index in [1.165, 1.54) is 31.2 Å². The third-order valence-electron chi connectivity index (χ3n) is 4.70. The number of ether oxygens (including phenoxy) is 1. The van der Waals surface area contributed by atoms with Crippen LogP contribution >= 0.6 is 0 Å². The Bertz CT molecular complexity index is 469. The first-order valence-electron chi connectivity index (χ1n) is 7.95. The van der Waals surface area contributed by atoms with E-state index in [1.807, 2.05) is 0 Å². The summed E-state index contributed by atoms with van der Waals surface area (Å²) in [6, 6.07) is 2.94. The number of fused-ring (bicyclic) bond motifs is 2. The van der Waals surface area contributed by atoms with Crippen LogP contribution in [-0.4, -0.2) is 36.2 Å². The van der Waals surface area contributed by atoms with E-state index >= 15 is 0 Å². The van der Waals surface area contributed by atoms with Crippen LogP contribution in [0.15, 0.2) is 10.5 Å². The smallest absolute Gasteiger partial charge is 0.120 e. The number of likely N-dealkylation sites (tertiary alicyclic amines) is 1. The first-order chi connectivity index (χ1) is 9.76. The van der Waals surface area contributed by atoms with E-state index in [0.717, 1.165) is 43.7 Å². The minimum atomic E-state index is 0.459. The van der Waals surface area contributed by atoms with Gasteiger partial charge in [0.2, 0.25) is 0 Å². The molecule has 3 fully saturated rings. The lowest BCUT2D eigenvalue weighted by atomic mass is 10.2. The largest absolute Gasteiger partial charge is 0.463 e. The lowest BCUT2D eigenvalue weighted by Crippen LogP contribution is -2.41. The molecule has 4 rings (SSSR count). The lowest BCUT2D eigenvalue weighted by molar-refractivity contribution is -0.0427. The predicted molar refractivity (Wildman–Crippen MR) is 76.5 cm³/mol. The maximum Gasteiger partial charge on any atom is 0.120 e. The summed E-state index contributed by atoms with van der Waals surface area (Å²) in [5.41, 5.74) is 1.28. The van der Waals surface area contributed by atoms with Crippen molar-refractivity contribution in [3.63, 3.8) is 0 Å². The molecule has 1 aromatic rings. The molecule has 2 unspecified atom stereocenters. The van der Waals surface area contributed by atoms with Crippen molar-refractivity contribution in [3.05, 3.63) is 23.2 Å². The summed E-state index contributed by atoms with van der Waals surface area (Å²) in [6.07, 6.45) is 6.03. The van der Waals surface area contributed by atoms with E-state index in [4.69, 9.17) is 9.15 Å². The summed E-state index contributed by atoms with van der Waals surface area (Å²) in [6.45, 7) is 6.09. The quantitative estimate of drug-likeness (QED) is 0.894. The van der Waals surface area contributed by atoms with Crippen molar-refractivity contribution in [2.75, 3.05) is 13.1 Å². The maximum atomic E-state index is 6.04. The number of nitrogens with zero attached hydrogens (tertiary/aromatic N) is 1. The van der Waals surface area contributed by atoms with Gasteiger partial charge in [0.15, 0.2) is 0 Å². The number of furan rings is 1. The Morgan fingerprint density at radius 2 is 1.95 bits per heavy atom. The van der Waals surface area contributed by atoms with Gasteiger partial charge in [-0.15, -0.1) is 0 Å². The van der Waals surface area contributed by atoms with E-state index in [-0.39, 0.29) is 0 Å². The molecule has 1 aliphatic carbocycles. The van der Waals surface area contributed by atoms with Gasteiger partial charge in [-0.2, -0.15) is 0 Å². The molecule has 20 heavy (non-hydrogen) atoms. The molecule has 1 N–H and O–H groups in total. The van der Waals surface area contributed by atoms with Crippen LogP contribution in [-0.2, 0) is 17.8 Å². The predicted octanol–water partition coefficient (Wildman–Crippen LogP) is 2.20. The highest BCUT2D eigenvalue weighted by Crippen LogP contribution is 2.28. The molecular formula is C16H24N2O2. The van der Waals surface area contributed by atoms with Crippen LogP contribution in [0.25, 0.3) is 0 Å². The summed E-state index contributed by atoms with van der Waals surface area (Å²) < 4.78 is 11.9. The highest BCUT2D eigenvalue weighted by atomic mass is 16.5. The van der Waals surface area contributed by atoms with E-state index in [2.05, 4.69) is 23.2 Å². The van der Waals surface area contributed by atoms with E-state index < -0.39 is 0 Å². The zero-order valence-corrected chi connectivity index (χ0v) is 12.2. The molecular weight excluding hydrogens is 252 g/mol. The average Bonchev–Trinajstić information content (AvgIpc) is 3.11. The van der Waals surface area contributed by atoms with Crippen LogP contribution in [0.2, 0.25) is 0 Å². The monoisotopic (exact) mass is 276 g/mol. The van der Waals surface area contributed by atoms with Gasteiger partial charge in [-0.05, 0) is 44.2 Å². The van der Waals surface area contributed by atoms with E-state index in [9.17, 15) is 0 Å². The fourth-order valence-corrected chi connectivity index (χ4v) is 3.42. The number of hydrogen-bond donors (Lipinski definition) is 1. The highest BCUT2D eigenvalue weighted by molar-refractivity contribution is 5.20. The third-order valence-corrected chi connectivity index (χ3v) is 4.70. The van der Waals surface area contributed by atoms with E-state index in [0.29, 0.717) is 12.2 Å². The Morgan fingerprint density at radius 3 is 2.65 bits per heavy atom. The normalized spacial score (nSPS) is 30.1. The minimum absolute atomic E-state index is 0.459. The van der Waals surface area contributed by atoms with Crippen LogP contribution in [0.1, 0.15) is 42.8 Å². The third kappa shape index (κ3) is 2.78. The Morgan fingerprint density at radius 1 is 1.20 bits per heavy atom. The van der Waals surface area contributed by atoms with Crippen molar-refractivity contribution in [1.82, 2.24) is 10.2 Å². The van der Waals surface area contributed by atoms with Crippen LogP contribution in [0.4, 0.5) is 0 Å². The molecule has 1 saturated carbocycles. The van der Waals surface area contributed by atoms with Crippen LogP contribution < -0.4 is 5.32 Å². The minimum Gasteiger partial charge on any atom is -0.463 e. The van der Waals surface area contributed by atoms with Gasteiger partial charge in [0.05, 0.1) is 25.3 Å². The summed E-state index contributed by atoms with van der Waals surface area (Å²) >= 11 is 0. The molecule has 2 atom stereocenters. The van der Waals surface area contributed by atoms with Crippen molar-refractivity contribution < 1.29 is 9.15 Å². The van der Waals surface area contributed by atoms with Gasteiger partial charge in [-0.3, -0.25) is 4.90 Å². The number of aryl methyl sites for hydroxylation is 1. The van der Waals surface area contributed by atoms with Gasteiger partial charge in [0, 0.05) is 19.1 Å². The second kappa shape index (κ2) is 5.17. The van der Waals surface area contributed by atoms with Crippen LogP contribution in [0.5, 0.6) is 0 Å². The van der Waals surface area contributed by atoms with Gasteiger partial charge >= 0.3 is 0 Å². The maximum absolute atomic E-state index is 6.04. The van der Waals surface area contributed by atoms with Crippen molar-refractivity contribution in [1.29, 1.82) is 0 Å². The molecule has 0 amide bonds. The first kappa shape index (κ1) is 12.9. The molecule has 0 radical (unpaired) electrons. The number of hydrogen-bond acceptors (Lipinski definition) is 4. The lowest BCUT2D eigenvalue weighted by Gasteiger charge is -2.31. The zero-order valence-electron chi connectivity index (χ0n) is 12.2. The molecule has 3 aliphatic rings. The molecule has 3 heterocycles. The van der Waals surface area contributed by atoms with Gasteiger partial charge < -0.3 is 14.5 Å². The molecule has 110 valence electrons. The van der Waals surface area contributed by atoms with Gasteiger partial charge in [-0.1, -0.05) is 0 Å². The van der Waals surface area contributed by atoms with Crippen molar-refractivity contribution in [3.8, 4) is 0 Å². The Kier molecular flexibility index (Phi) is 3.33. The fourth-order valence-electron chi connectivity index (χ4n) is 3.42. The second-order valence-corrected chi connectivity index (χ2v) is 6.63. The van der Waals surface area contributed by atoms with Crippen molar-refractivity contribution in [2.45, 2.75) is 63.9 Å². The Hall–Kier alpha value is -0.840. The van der Waals surface area contributed by atoms with E-state index in [1.54, 1.807) is 0 Å². The van der Waals surface area contributed by atoms with Gasteiger partial charge in [0.1, 0.15) is 11.5 Å². The summed E-state index contributed by atoms with van der Waals surface area (Å²) in [5, 5.41) is 3.53. The van der Waals surface area contributed by atoms with Crippen LogP contribution in [0.3, 0.4) is 0 Å². The van der Waals surface area contributed by atoms with Crippen molar-refractivity contribution in [2.24, 2.45) is 0 Å². The topological polar surface area (TPSA) is 37.6 Å². The number of rotatable bonds is 5. The second-order valence-electron chi connectivity index (χ2n) is 6.63. The molecule has 4 nitrogen and oxygen atoms in total. The molecule has 0 aromatic carbocycles. The molecule has 2 saturated heterocycles. The fraction of sp³-hybridized carbons (Fsp3) is 0.750. The number of nitrogens with one attached hydrogen (secondary N) is 1. The Labute approximate surface area is 120 Å². The Balaban J connectivity index is 1.37. The summed E-state index contributed by atoms with van der Waals surface area (Å²) in [5.74, 6) is 2.22. The summed E-state index contributed by atoms with van der Waals surface area (Å²) in [4.78, 5) is 2.49. The molecule has 2 bridgehead atoms. The van der Waals surface area contributed by atoms with Crippen LogP contribution in [0, 0.1) is 6.92 Å². The summed E-state index contributed by atoms with van der Waals surface area (Å²) in [7, 11) is 0. The zero-order chi connectivity index (χ0) is 13.5. The van der Waals surface area contributed by atoms with Gasteiger partial charge in [0.25, 0.3) is 0 Å². The average molecular weight is 276 g/mol. The standard InChI is InChI=1S/C16H24N2O2/c1-11-6-15(20-16(11)7-17-12-2-3-12)10-18-8-13-4-5-14(9-18)19-13/h6,12-14,17H,2-5,7-10H2,1H3. The molecule has 4 heteroatoms. The SMILES string of the molecule is Cc1cc(CN2CC3CCC(C2)O3)oc1CNC1CC1. The highest BCUT2D eigenvalue weighted by Gasteiger charge is 2.33. The first-order valence-corrected chi connectivity index (χ1v) is 7.95. The van der Waals surface area contributed by atoms with Gasteiger partial charge in [-0.25, -0.2) is 0 Å².